The van der Waals surface area contributed by atoms with Gasteiger partial charge in [-0.2, -0.15) is 0 Å². The number of fused-ring (bicyclic) bond motifs is 1. The number of hydrogen-bond acceptors (Lipinski definition) is 5. The van der Waals surface area contributed by atoms with Gasteiger partial charge >= 0.3 is 0 Å². The molecule has 0 unspecified atom stereocenters. The maximum atomic E-state index is 13.1. The molecule has 1 heterocycles. The summed E-state index contributed by atoms with van der Waals surface area (Å²) in [4.78, 5) is 31.9. The molecule has 0 radical (unpaired) electrons. The maximum Gasteiger partial charge on any atom is 0.266 e. The number of thioether (sulfide) groups is 1. The molecule has 2 aromatic carbocycles. The number of hydrogen-bond donors (Lipinski definition) is 1. The van der Waals surface area contributed by atoms with Gasteiger partial charge in [-0.15, -0.1) is 0 Å². The lowest BCUT2D eigenvalue weighted by Gasteiger charge is -2.14. The first-order valence-corrected chi connectivity index (χ1v) is 10.1. The summed E-state index contributed by atoms with van der Waals surface area (Å²) in [6.07, 6.45) is 0. The van der Waals surface area contributed by atoms with Crippen LogP contribution in [0.3, 0.4) is 0 Å². The van der Waals surface area contributed by atoms with Crippen molar-refractivity contribution in [1.82, 2.24) is 19.8 Å². The van der Waals surface area contributed by atoms with Crippen molar-refractivity contribution in [1.29, 1.82) is 0 Å². The Bertz CT molecular complexity index is 1030. The molecule has 8 heteroatoms. The molecule has 1 aromatic heterocycles. The predicted molar refractivity (Wildman–Crippen MR) is 115 cm³/mol. The first-order valence-electron chi connectivity index (χ1n) is 8.77. The number of amides is 1. The van der Waals surface area contributed by atoms with Crippen LogP contribution in [0.15, 0.2) is 58.5 Å². The van der Waals surface area contributed by atoms with Gasteiger partial charge in [0.1, 0.15) is 0 Å². The van der Waals surface area contributed by atoms with E-state index in [0.717, 1.165) is 6.54 Å². The number of carbonyl (C=O) groups is 1. The average molecular weight is 417 g/mol. The first-order chi connectivity index (χ1) is 13.5. The number of halogens is 1. The van der Waals surface area contributed by atoms with Crippen molar-refractivity contribution in [3.8, 4) is 5.69 Å². The van der Waals surface area contributed by atoms with Gasteiger partial charge in [-0.25, -0.2) is 4.98 Å². The topological polar surface area (TPSA) is 67.2 Å². The van der Waals surface area contributed by atoms with E-state index in [2.05, 4.69) is 10.3 Å². The number of likely N-dealkylation sites (N-methyl/N-ethyl adjacent to an activating group) is 1. The molecule has 0 saturated heterocycles. The summed E-state index contributed by atoms with van der Waals surface area (Å²) in [5.41, 5.74) is 1.08. The molecule has 0 aliphatic rings. The summed E-state index contributed by atoms with van der Waals surface area (Å²) in [5, 5.41) is 4.44. The summed E-state index contributed by atoms with van der Waals surface area (Å²) in [5.74, 6) is 0.0723. The number of rotatable bonds is 7. The van der Waals surface area contributed by atoms with Crippen molar-refractivity contribution >= 4 is 40.2 Å². The van der Waals surface area contributed by atoms with Crippen LogP contribution in [0.5, 0.6) is 0 Å². The second-order valence-corrected chi connectivity index (χ2v) is 7.85. The fourth-order valence-electron chi connectivity index (χ4n) is 2.63. The Morgan fingerprint density at radius 3 is 2.61 bits per heavy atom. The molecule has 0 aliphatic carbocycles. The molecule has 6 nitrogen and oxygen atoms in total. The Hall–Kier alpha value is -2.35. The zero-order chi connectivity index (χ0) is 20.1. The van der Waals surface area contributed by atoms with Crippen molar-refractivity contribution in [3.05, 3.63) is 63.9 Å². The van der Waals surface area contributed by atoms with E-state index in [-0.39, 0.29) is 17.2 Å². The fraction of sp³-hybridized carbons (Fsp3) is 0.250. The van der Waals surface area contributed by atoms with Crippen LogP contribution in [0.25, 0.3) is 16.6 Å². The van der Waals surface area contributed by atoms with Crippen LogP contribution >= 0.6 is 23.4 Å². The van der Waals surface area contributed by atoms with E-state index in [1.807, 2.05) is 31.1 Å². The largest absolute Gasteiger partial charge is 0.354 e. The lowest BCUT2D eigenvalue weighted by Crippen LogP contribution is -2.32. The Morgan fingerprint density at radius 1 is 1.18 bits per heavy atom. The van der Waals surface area contributed by atoms with Gasteiger partial charge in [0.15, 0.2) is 5.16 Å². The second-order valence-electron chi connectivity index (χ2n) is 6.47. The van der Waals surface area contributed by atoms with Crippen molar-refractivity contribution in [3.63, 3.8) is 0 Å². The van der Waals surface area contributed by atoms with Gasteiger partial charge in [-0.05, 0) is 50.5 Å². The maximum absolute atomic E-state index is 13.1. The number of nitrogens with one attached hydrogen (secondary N) is 1. The lowest BCUT2D eigenvalue weighted by molar-refractivity contribution is -0.118. The Morgan fingerprint density at radius 2 is 1.89 bits per heavy atom. The van der Waals surface area contributed by atoms with Crippen LogP contribution in [-0.4, -0.2) is 53.3 Å². The van der Waals surface area contributed by atoms with Crippen molar-refractivity contribution in [2.75, 3.05) is 32.9 Å². The zero-order valence-electron chi connectivity index (χ0n) is 15.7. The number of para-hydroxylation sites is 1. The highest BCUT2D eigenvalue weighted by molar-refractivity contribution is 7.99. The Balaban J connectivity index is 1.91. The normalized spacial score (nSPS) is 11.1. The molecule has 146 valence electrons. The van der Waals surface area contributed by atoms with Crippen LogP contribution < -0.4 is 10.9 Å². The smallest absolute Gasteiger partial charge is 0.266 e. The van der Waals surface area contributed by atoms with Crippen LogP contribution in [0, 0.1) is 0 Å². The predicted octanol–water partition coefficient (Wildman–Crippen LogP) is 2.81. The molecular formula is C20H21ClN4O2S. The minimum Gasteiger partial charge on any atom is -0.354 e. The molecule has 0 bridgehead atoms. The zero-order valence-corrected chi connectivity index (χ0v) is 17.3. The van der Waals surface area contributed by atoms with Crippen molar-refractivity contribution in [2.45, 2.75) is 5.16 Å². The summed E-state index contributed by atoms with van der Waals surface area (Å²) >= 11 is 7.22. The molecule has 1 N–H and O–H groups in total. The van der Waals surface area contributed by atoms with E-state index in [4.69, 9.17) is 11.6 Å². The number of carbonyl (C=O) groups excluding carboxylic acids is 1. The molecule has 0 spiro atoms. The minimum absolute atomic E-state index is 0.100. The Kier molecular flexibility index (Phi) is 6.72. The SMILES string of the molecule is CN(C)CCNC(=O)CSc1nc2ccccc2c(=O)n1-c1ccc(Cl)cc1. The van der Waals surface area contributed by atoms with Gasteiger partial charge in [-0.3, -0.25) is 14.2 Å². The number of benzene rings is 2. The Labute approximate surface area is 172 Å². The quantitative estimate of drug-likeness (QED) is 0.474. The highest BCUT2D eigenvalue weighted by Gasteiger charge is 2.14. The number of aromatic nitrogens is 2. The van der Waals surface area contributed by atoms with Gasteiger partial charge < -0.3 is 10.2 Å². The van der Waals surface area contributed by atoms with Gasteiger partial charge in [-0.1, -0.05) is 35.5 Å². The van der Waals surface area contributed by atoms with Gasteiger partial charge in [0, 0.05) is 18.1 Å². The van der Waals surface area contributed by atoms with Gasteiger partial charge in [0.25, 0.3) is 5.56 Å². The second kappa shape index (κ2) is 9.23. The standard InChI is InChI=1S/C20H21ClN4O2S/c1-24(2)12-11-22-18(26)13-28-20-23-17-6-4-3-5-16(17)19(27)25(20)15-9-7-14(21)8-10-15/h3-10H,11-13H2,1-2H3,(H,22,26). The summed E-state index contributed by atoms with van der Waals surface area (Å²) in [7, 11) is 3.90. The van der Waals surface area contributed by atoms with E-state index in [9.17, 15) is 9.59 Å². The van der Waals surface area contributed by atoms with Crippen molar-refractivity contribution < 1.29 is 4.79 Å². The fourth-order valence-corrected chi connectivity index (χ4v) is 3.60. The molecule has 3 aromatic rings. The van der Waals surface area contributed by atoms with Gasteiger partial charge in [0.2, 0.25) is 5.91 Å². The van der Waals surface area contributed by atoms with E-state index >= 15 is 0 Å². The third-order valence-electron chi connectivity index (χ3n) is 4.04. The molecule has 1 amide bonds. The van der Waals surface area contributed by atoms with Crippen LogP contribution in [0.2, 0.25) is 5.02 Å². The third kappa shape index (κ3) is 4.92. The first kappa shape index (κ1) is 20.4. The highest BCUT2D eigenvalue weighted by atomic mass is 35.5. The van der Waals surface area contributed by atoms with E-state index in [1.54, 1.807) is 36.4 Å². The van der Waals surface area contributed by atoms with E-state index in [1.165, 1.54) is 16.3 Å². The highest BCUT2D eigenvalue weighted by Crippen LogP contribution is 2.22. The summed E-state index contributed by atoms with van der Waals surface area (Å²) < 4.78 is 1.52. The molecular weight excluding hydrogens is 396 g/mol. The van der Waals surface area contributed by atoms with Crippen LogP contribution in [0.1, 0.15) is 0 Å². The summed E-state index contributed by atoms with van der Waals surface area (Å²) in [6, 6.07) is 14.2. The average Bonchev–Trinajstić information content (AvgIpc) is 2.67. The molecule has 0 atom stereocenters. The number of nitrogens with zero attached hydrogens (tertiary/aromatic N) is 3. The monoisotopic (exact) mass is 416 g/mol. The molecule has 0 fully saturated rings. The third-order valence-corrected chi connectivity index (χ3v) is 5.23. The van der Waals surface area contributed by atoms with Gasteiger partial charge in [0.05, 0.1) is 22.3 Å². The lowest BCUT2D eigenvalue weighted by atomic mass is 10.2. The molecule has 3 rings (SSSR count). The van der Waals surface area contributed by atoms with Crippen LogP contribution in [-0.2, 0) is 4.79 Å². The van der Waals surface area contributed by atoms with E-state index in [0.29, 0.717) is 33.3 Å². The summed E-state index contributed by atoms with van der Waals surface area (Å²) in [6.45, 7) is 1.33. The van der Waals surface area contributed by atoms with Crippen molar-refractivity contribution in [2.24, 2.45) is 0 Å². The molecule has 28 heavy (non-hydrogen) atoms. The minimum atomic E-state index is -0.177. The molecule has 0 saturated carbocycles. The molecule has 0 aliphatic heterocycles. The van der Waals surface area contributed by atoms with Crippen LogP contribution in [0.4, 0.5) is 0 Å². The van der Waals surface area contributed by atoms with E-state index < -0.39 is 0 Å².